The predicted molar refractivity (Wildman–Crippen MR) is 76.2 cm³/mol. The summed E-state index contributed by atoms with van der Waals surface area (Å²) < 4.78 is 0. The molecule has 1 N–H and O–H groups in total. The third kappa shape index (κ3) is 3.56. The molecule has 0 amide bonds. The number of hydrogen-bond acceptors (Lipinski definition) is 3. The standard InChI is InChI=1S/C15H20N2O2/c1-2-17(13-5-3-4-6-13)14-9-7-12(11-16-14)8-10-15(18)19/h7-11,13H,2-6H2,1H3,(H,18,19)/b10-8+. The smallest absolute Gasteiger partial charge is 0.328 e. The number of aliphatic carboxylic acids is 1. The fourth-order valence-corrected chi connectivity index (χ4v) is 2.66. The van der Waals surface area contributed by atoms with Crippen LogP contribution in [0.25, 0.3) is 6.08 Å². The fraction of sp³-hybridized carbons (Fsp3) is 0.467. The number of carbonyl (C=O) groups is 1. The van der Waals surface area contributed by atoms with Crippen molar-refractivity contribution in [2.24, 2.45) is 0 Å². The number of pyridine rings is 1. The van der Waals surface area contributed by atoms with E-state index in [-0.39, 0.29) is 0 Å². The van der Waals surface area contributed by atoms with E-state index in [1.807, 2.05) is 12.1 Å². The summed E-state index contributed by atoms with van der Waals surface area (Å²) in [6.07, 6.45) is 9.52. The first-order valence-corrected chi connectivity index (χ1v) is 6.84. The fourth-order valence-electron chi connectivity index (χ4n) is 2.66. The molecule has 4 heteroatoms. The summed E-state index contributed by atoms with van der Waals surface area (Å²) in [5.41, 5.74) is 0.814. The Bertz CT molecular complexity index is 448. The second kappa shape index (κ2) is 6.36. The number of rotatable bonds is 5. The van der Waals surface area contributed by atoms with Crippen molar-refractivity contribution in [3.8, 4) is 0 Å². The molecule has 0 saturated heterocycles. The van der Waals surface area contributed by atoms with Crippen LogP contribution in [0.4, 0.5) is 5.82 Å². The van der Waals surface area contributed by atoms with Gasteiger partial charge in [0, 0.05) is 24.9 Å². The third-order valence-corrected chi connectivity index (χ3v) is 3.59. The summed E-state index contributed by atoms with van der Waals surface area (Å²) in [7, 11) is 0. The molecule has 4 nitrogen and oxygen atoms in total. The Morgan fingerprint density at radius 1 is 1.47 bits per heavy atom. The van der Waals surface area contributed by atoms with Crippen LogP contribution in [-0.4, -0.2) is 28.6 Å². The van der Waals surface area contributed by atoms with Gasteiger partial charge in [-0.1, -0.05) is 12.8 Å². The summed E-state index contributed by atoms with van der Waals surface area (Å²) >= 11 is 0. The summed E-state index contributed by atoms with van der Waals surface area (Å²) in [4.78, 5) is 17.3. The number of anilines is 1. The maximum atomic E-state index is 10.5. The highest BCUT2D eigenvalue weighted by Crippen LogP contribution is 2.26. The van der Waals surface area contributed by atoms with E-state index in [2.05, 4.69) is 16.8 Å². The van der Waals surface area contributed by atoms with Crippen molar-refractivity contribution in [2.45, 2.75) is 38.6 Å². The van der Waals surface area contributed by atoms with E-state index in [4.69, 9.17) is 5.11 Å². The molecule has 1 aliphatic carbocycles. The quantitative estimate of drug-likeness (QED) is 0.827. The van der Waals surface area contributed by atoms with Crippen LogP contribution >= 0.6 is 0 Å². The minimum atomic E-state index is -0.940. The molecule has 19 heavy (non-hydrogen) atoms. The highest BCUT2D eigenvalue weighted by atomic mass is 16.4. The van der Waals surface area contributed by atoms with Crippen molar-refractivity contribution < 1.29 is 9.90 Å². The minimum Gasteiger partial charge on any atom is -0.478 e. The van der Waals surface area contributed by atoms with Crippen molar-refractivity contribution >= 4 is 17.9 Å². The van der Waals surface area contributed by atoms with Gasteiger partial charge in [0.2, 0.25) is 0 Å². The Labute approximate surface area is 113 Å². The first kappa shape index (κ1) is 13.6. The van der Waals surface area contributed by atoms with Crippen LogP contribution in [-0.2, 0) is 4.79 Å². The molecule has 0 atom stereocenters. The number of aromatic nitrogens is 1. The average Bonchev–Trinajstić information content (AvgIpc) is 2.92. The van der Waals surface area contributed by atoms with E-state index in [1.54, 1.807) is 12.3 Å². The molecule has 0 radical (unpaired) electrons. The molecular weight excluding hydrogens is 240 g/mol. The predicted octanol–water partition coefficient (Wildman–Crippen LogP) is 2.95. The Balaban J connectivity index is 2.09. The molecular formula is C15H20N2O2. The second-order valence-corrected chi connectivity index (χ2v) is 4.85. The van der Waals surface area contributed by atoms with E-state index in [1.165, 1.54) is 25.7 Å². The number of carboxylic acids is 1. The molecule has 0 aromatic carbocycles. The highest BCUT2D eigenvalue weighted by Gasteiger charge is 2.22. The van der Waals surface area contributed by atoms with Crippen LogP contribution in [0.3, 0.4) is 0 Å². The maximum Gasteiger partial charge on any atom is 0.328 e. The van der Waals surface area contributed by atoms with E-state index in [9.17, 15) is 4.79 Å². The third-order valence-electron chi connectivity index (χ3n) is 3.59. The molecule has 0 spiro atoms. The second-order valence-electron chi connectivity index (χ2n) is 4.85. The summed E-state index contributed by atoms with van der Waals surface area (Å²) in [5.74, 6) is 0.0482. The van der Waals surface area contributed by atoms with Crippen LogP contribution in [0.5, 0.6) is 0 Å². The zero-order chi connectivity index (χ0) is 13.7. The molecule has 1 aromatic heterocycles. The molecule has 1 heterocycles. The molecule has 1 aliphatic rings. The molecule has 1 fully saturated rings. The van der Waals surface area contributed by atoms with Crippen LogP contribution in [0, 0.1) is 0 Å². The zero-order valence-corrected chi connectivity index (χ0v) is 11.2. The highest BCUT2D eigenvalue weighted by molar-refractivity contribution is 5.85. The van der Waals surface area contributed by atoms with Gasteiger partial charge in [-0.3, -0.25) is 0 Å². The van der Waals surface area contributed by atoms with Crippen LogP contribution < -0.4 is 4.90 Å². The first-order valence-electron chi connectivity index (χ1n) is 6.84. The Kier molecular flexibility index (Phi) is 4.55. The van der Waals surface area contributed by atoms with Gasteiger partial charge in [0.25, 0.3) is 0 Å². The van der Waals surface area contributed by atoms with Crippen molar-refractivity contribution in [3.05, 3.63) is 30.0 Å². The van der Waals surface area contributed by atoms with Gasteiger partial charge >= 0.3 is 5.97 Å². The number of carboxylic acid groups (broad SMARTS) is 1. The normalized spacial score (nSPS) is 16.1. The topological polar surface area (TPSA) is 53.4 Å². The lowest BCUT2D eigenvalue weighted by atomic mass is 10.2. The van der Waals surface area contributed by atoms with Crippen LogP contribution in [0.15, 0.2) is 24.4 Å². The maximum absolute atomic E-state index is 10.5. The summed E-state index contributed by atoms with van der Waals surface area (Å²) in [6.45, 7) is 3.11. The summed E-state index contributed by atoms with van der Waals surface area (Å²) in [6, 6.07) is 4.50. The van der Waals surface area contributed by atoms with Gasteiger partial charge in [-0.15, -0.1) is 0 Å². The molecule has 0 bridgehead atoms. The largest absolute Gasteiger partial charge is 0.478 e. The van der Waals surface area contributed by atoms with E-state index < -0.39 is 5.97 Å². The Hall–Kier alpha value is -1.84. The lowest BCUT2D eigenvalue weighted by Gasteiger charge is -2.28. The van der Waals surface area contributed by atoms with Gasteiger partial charge in [0.1, 0.15) is 5.82 Å². The SMILES string of the molecule is CCN(c1ccc(/C=C/C(=O)O)cn1)C1CCCC1. The van der Waals surface area contributed by atoms with Gasteiger partial charge in [-0.25, -0.2) is 9.78 Å². The summed E-state index contributed by atoms with van der Waals surface area (Å²) in [5, 5.41) is 8.58. The molecule has 102 valence electrons. The van der Waals surface area contributed by atoms with Gasteiger partial charge < -0.3 is 10.0 Å². The Morgan fingerprint density at radius 2 is 2.21 bits per heavy atom. The molecule has 1 saturated carbocycles. The van der Waals surface area contributed by atoms with Crippen molar-refractivity contribution in [1.82, 2.24) is 4.98 Å². The monoisotopic (exact) mass is 260 g/mol. The van der Waals surface area contributed by atoms with Crippen molar-refractivity contribution in [2.75, 3.05) is 11.4 Å². The zero-order valence-electron chi connectivity index (χ0n) is 11.2. The van der Waals surface area contributed by atoms with Crippen LogP contribution in [0.2, 0.25) is 0 Å². The molecule has 0 unspecified atom stereocenters. The Morgan fingerprint density at radius 3 is 2.74 bits per heavy atom. The minimum absolute atomic E-state index is 0.609. The van der Waals surface area contributed by atoms with E-state index in [0.717, 1.165) is 24.0 Å². The molecule has 1 aromatic rings. The van der Waals surface area contributed by atoms with Gasteiger partial charge in [0.15, 0.2) is 0 Å². The number of hydrogen-bond donors (Lipinski definition) is 1. The van der Waals surface area contributed by atoms with Crippen molar-refractivity contribution in [1.29, 1.82) is 0 Å². The van der Waals surface area contributed by atoms with Crippen LogP contribution in [0.1, 0.15) is 38.2 Å². The molecule has 0 aliphatic heterocycles. The molecule has 2 rings (SSSR count). The lowest BCUT2D eigenvalue weighted by molar-refractivity contribution is -0.131. The lowest BCUT2D eigenvalue weighted by Crippen LogP contribution is -2.33. The number of nitrogens with zero attached hydrogens (tertiary/aromatic N) is 2. The average molecular weight is 260 g/mol. The first-order chi connectivity index (χ1) is 9.20. The van der Waals surface area contributed by atoms with E-state index in [0.29, 0.717) is 6.04 Å². The van der Waals surface area contributed by atoms with Gasteiger partial charge in [-0.2, -0.15) is 0 Å². The van der Waals surface area contributed by atoms with Gasteiger partial charge in [-0.05, 0) is 43.5 Å². The van der Waals surface area contributed by atoms with E-state index >= 15 is 0 Å². The van der Waals surface area contributed by atoms with Crippen molar-refractivity contribution in [3.63, 3.8) is 0 Å². The van der Waals surface area contributed by atoms with Gasteiger partial charge in [0.05, 0.1) is 0 Å².